The van der Waals surface area contributed by atoms with Crippen molar-refractivity contribution in [1.29, 1.82) is 0 Å². The summed E-state index contributed by atoms with van der Waals surface area (Å²) in [6.07, 6.45) is 1.61. The van der Waals surface area contributed by atoms with Crippen LogP contribution in [0.3, 0.4) is 0 Å². The van der Waals surface area contributed by atoms with E-state index in [1.54, 1.807) is 18.2 Å². The molecule has 3 heteroatoms. The highest BCUT2D eigenvalue weighted by Gasteiger charge is 2.44. The molecular weight excluding hydrogens is 205 g/mol. The van der Waals surface area contributed by atoms with Gasteiger partial charge in [0.15, 0.2) is 0 Å². The fraction of sp³-hybridized carbons (Fsp3) is 0.308. The van der Waals surface area contributed by atoms with Crippen LogP contribution in [-0.4, -0.2) is 12.5 Å². The van der Waals surface area contributed by atoms with E-state index in [2.05, 4.69) is 6.58 Å². The molecule has 1 aliphatic rings. The van der Waals surface area contributed by atoms with E-state index in [9.17, 15) is 9.18 Å². The first kappa shape index (κ1) is 10.9. The Balaban J connectivity index is 2.65. The first-order chi connectivity index (χ1) is 7.50. The molecule has 84 valence electrons. The van der Waals surface area contributed by atoms with Gasteiger partial charge in [0.2, 0.25) is 5.91 Å². The summed E-state index contributed by atoms with van der Waals surface area (Å²) >= 11 is 0. The number of carbonyl (C=O) groups is 1. The average Bonchev–Trinajstić information content (AvgIpc) is 2.42. The quantitative estimate of drug-likeness (QED) is 0.700. The third kappa shape index (κ3) is 1.28. The van der Waals surface area contributed by atoms with Crippen LogP contribution in [0.1, 0.15) is 19.4 Å². The molecule has 1 aromatic carbocycles. The van der Waals surface area contributed by atoms with Gasteiger partial charge in [-0.05, 0) is 25.5 Å². The van der Waals surface area contributed by atoms with Gasteiger partial charge in [-0.3, -0.25) is 4.79 Å². The van der Waals surface area contributed by atoms with E-state index in [1.807, 2.05) is 13.8 Å². The Kier molecular flexibility index (Phi) is 2.34. The van der Waals surface area contributed by atoms with Gasteiger partial charge in [-0.2, -0.15) is 0 Å². The van der Waals surface area contributed by atoms with Crippen molar-refractivity contribution in [2.75, 3.05) is 11.4 Å². The second kappa shape index (κ2) is 3.44. The van der Waals surface area contributed by atoms with Crippen molar-refractivity contribution in [2.45, 2.75) is 19.3 Å². The maximum absolute atomic E-state index is 13.8. The van der Waals surface area contributed by atoms with E-state index in [4.69, 9.17) is 0 Å². The lowest BCUT2D eigenvalue weighted by Gasteiger charge is -2.18. The largest absolute Gasteiger partial charge is 0.305 e. The van der Waals surface area contributed by atoms with Gasteiger partial charge in [0.1, 0.15) is 5.82 Å². The van der Waals surface area contributed by atoms with Gasteiger partial charge < -0.3 is 4.90 Å². The number of nitrogens with zero attached hydrogens (tertiary/aromatic N) is 1. The molecule has 0 aliphatic carbocycles. The van der Waals surface area contributed by atoms with Crippen LogP contribution in [0.25, 0.3) is 0 Å². The fourth-order valence-electron chi connectivity index (χ4n) is 2.15. The van der Waals surface area contributed by atoms with Crippen molar-refractivity contribution in [2.24, 2.45) is 0 Å². The predicted octanol–water partition coefficient (Wildman–Crippen LogP) is 2.64. The Hall–Kier alpha value is -1.64. The number of hydrogen-bond acceptors (Lipinski definition) is 1. The molecule has 16 heavy (non-hydrogen) atoms. The summed E-state index contributed by atoms with van der Waals surface area (Å²) in [7, 11) is 0. The molecule has 0 saturated heterocycles. The zero-order valence-electron chi connectivity index (χ0n) is 9.46. The number of amides is 1. The fourth-order valence-corrected chi connectivity index (χ4v) is 2.15. The smallest absolute Gasteiger partial charge is 0.237 e. The maximum Gasteiger partial charge on any atom is 0.237 e. The van der Waals surface area contributed by atoms with E-state index in [0.717, 1.165) is 5.56 Å². The Bertz CT molecular complexity index is 465. The molecule has 0 spiro atoms. The number of fused-ring (bicyclic) bond motifs is 1. The van der Waals surface area contributed by atoms with Crippen LogP contribution in [0, 0.1) is 5.82 Å². The number of anilines is 1. The summed E-state index contributed by atoms with van der Waals surface area (Å²) in [6.45, 7) is 7.57. The zero-order valence-corrected chi connectivity index (χ0v) is 9.46. The van der Waals surface area contributed by atoms with Crippen molar-refractivity contribution >= 4 is 11.6 Å². The normalized spacial score (nSPS) is 17.4. The summed E-state index contributed by atoms with van der Waals surface area (Å²) in [5, 5.41) is 0. The molecule has 1 aromatic rings. The first-order valence-corrected chi connectivity index (χ1v) is 5.22. The number of benzene rings is 1. The van der Waals surface area contributed by atoms with Crippen molar-refractivity contribution in [3.63, 3.8) is 0 Å². The molecule has 0 atom stereocenters. The van der Waals surface area contributed by atoms with E-state index in [0.29, 0.717) is 12.2 Å². The van der Waals surface area contributed by atoms with E-state index in [1.165, 1.54) is 11.0 Å². The highest BCUT2D eigenvalue weighted by atomic mass is 19.1. The minimum atomic E-state index is -0.652. The average molecular weight is 219 g/mol. The topological polar surface area (TPSA) is 20.3 Å². The summed E-state index contributed by atoms with van der Waals surface area (Å²) < 4.78 is 13.8. The first-order valence-electron chi connectivity index (χ1n) is 5.22. The lowest BCUT2D eigenvalue weighted by Crippen LogP contribution is -2.36. The van der Waals surface area contributed by atoms with Crippen LogP contribution in [0.5, 0.6) is 0 Å². The molecule has 1 amide bonds. The van der Waals surface area contributed by atoms with Gasteiger partial charge in [0.25, 0.3) is 0 Å². The van der Waals surface area contributed by atoms with Crippen molar-refractivity contribution in [3.8, 4) is 0 Å². The van der Waals surface area contributed by atoms with E-state index in [-0.39, 0.29) is 11.7 Å². The molecule has 0 bridgehead atoms. The predicted molar refractivity (Wildman–Crippen MR) is 62.0 cm³/mol. The molecule has 0 unspecified atom stereocenters. The van der Waals surface area contributed by atoms with Crippen molar-refractivity contribution in [3.05, 3.63) is 42.2 Å². The van der Waals surface area contributed by atoms with Gasteiger partial charge in [0.05, 0.1) is 11.1 Å². The Morgan fingerprint density at radius 1 is 1.50 bits per heavy atom. The maximum atomic E-state index is 13.8. The van der Waals surface area contributed by atoms with Gasteiger partial charge in [-0.25, -0.2) is 4.39 Å². The molecule has 0 aromatic heterocycles. The second-order valence-electron chi connectivity index (χ2n) is 4.47. The highest BCUT2D eigenvalue weighted by Crippen LogP contribution is 2.42. The van der Waals surface area contributed by atoms with Crippen molar-refractivity contribution in [1.82, 2.24) is 0 Å². The summed E-state index contributed by atoms with van der Waals surface area (Å²) in [4.78, 5) is 13.6. The standard InChI is InChI=1S/C13H14FNO/c1-4-8-15-11-9(6-5-7-10(11)14)13(2,3)12(15)16/h4-7H,1,8H2,2-3H3. The molecule has 0 radical (unpaired) electrons. The number of hydrogen-bond donors (Lipinski definition) is 0. The van der Waals surface area contributed by atoms with Crippen LogP contribution in [-0.2, 0) is 10.2 Å². The number of rotatable bonds is 2. The van der Waals surface area contributed by atoms with E-state index < -0.39 is 5.41 Å². The van der Waals surface area contributed by atoms with Crippen molar-refractivity contribution < 1.29 is 9.18 Å². The minimum Gasteiger partial charge on any atom is -0.305 e. The second-order valence-corrected chi connectivity index (χ2v) is 4.47. The number of halogens is 1. The van der Waals surface area contributed by atoms with Gasteiger partial charge in [-0.1, -0.05) is 18.2 Å². The third-order valence-corrected chi connectivity index (χ3v) is 3.02. The SMILES string of the molecule is C=CCN1C(=O)C(C)(C)c2cccc(F)c21. The van der Waals surface area contributed by atoms with Crippen LogP contribution in [0.4, 0.5) is 10.1 Å². The van der Waals surface area contributed by atoms with Crippen LogP contribution < -0.4 is 4.90 Å². The lowest BCUT2D eigenvalue weighted by atomic mass is 9.86. The molecule has 2 rings (SSSR count). The summed E-state index contributed by atoms with van der Waals surface area (Å²) in [5.41, 5.74) is 0.497. The van der Waals surface area contributed by atoms with Crippen LogP contribution in [0.15, 0.2) is 30.9 Å². The molecule has 0 saturated carbocycles. The van der Waals surface area contributed by atoms with Crippen LogP contribution >= 0.6 is 0 Å². The number of para-hydroxylation sites is 1. The zero-order chi connectivity index (χ0) is 11.9. The minimum absolute atomic E-state index is 0.0764. The molecule has 0 N–H and O–H groups in total. The molecular formula is C13H14FNO. The van der Waals surface area contributed by atoms with Crippen LogP contribution in [0.2, 0.25) is 0 Å². The Morgan fingerprint density at radius 3 is 2.81 bits per heavy atom. The molecule has 1 aliphatic heterocycles. The highest BCUT2D eigenvalue weighted by molar-refractivity contribution is 6.07. The van der Waals surface area contributed by atoms with Gasteiger partial charge in [0, 0.05) is 6.54 Å². The summed E-state index contributed by atoms with van der Waals surface area (Å²) in [6, 6.07) is 4.82. The Labute approximate surface area is 94.4 Å². The molecule has 1 heterocycles. The number of carbonyl (C=O) groups excluding carboxylic acids is 1. The van der Waals surface area contributed by atoms with Gasteiger partial charge >= 0.3 is 0 Å². The summed E-state index contributed by atoms with van der Waals surface area (Å²) in [5.74, 6) is -0.425. The Morgan fingerprint density at radius 2 is 2.19 bits per heavy atom. The third-order valence-electron chi connectivity index (χ3n) is 3.02. The molecule has 2 nitrogen and oxygen atoms in total. The molecule has 0 fully saturated rings. The lowest BCUT2D eigenvalue weighted by molar-refractivity contribution is -0.122. The van der Waals surface area contributed by atoms with Gasteiger partial charge in [-0.15, -0.1) is 6.58 Å². The van der Waals surface area contributed by atoms with E-state index >= 15 is 0 Å². The monoisotopic (exact) mass is 219 g/mol.